The maximum Gasteiger partial charge on any atom is 0.191 e. The largest absolute Gasteiger partial charge is 0.491 e. The molecule has 27 heavy (non-hydrogen) atoms. The lowest BCUT2D eigenvalue weighted by Crippen LogP contribution is -2.37. The van der Waals surface area contributed by atoms with Crippen molar-refractivity contribution in [2.45, 2.75) is 40.2 Å². The second-order valence-corrected chi connectivity index (χ2v) is 5.91. The number of unbranched alkanes of at least 4 members (excludes halogenated alkanes) is 1. The Hall–Kier alpha value is -1.06. The molecule has 2 N–H and O–H groups in total. The van der Waals surface area contributed by atoms with Crippen LogP contribution in [0.3, 0.4) is 0 Å². The monoisotopic (exact) mass is 493 g/mol. The van der Waals surface area contributed by atoms with Gasteiger partial charge in [0.25, 0.3) is 0 Å². The Morgan fingerprint density at radius 2 is 1.74 bits per heavy atom. The quantitative estimate of drug-likeness (QED) is 0.191. The molecule has 0 heterocycles. The van der Waals surface area contributed by atoms with Gasteiger partial charge in [0.1, 0.15) is 12.4 Å². The summed E-state index contributed by atoms with van der Waals surface area (Å²) in [6, 6.07) is 6.25. The molecule has 0 aliphatic rings. The fourth-order valence-electron chi connectivity index (χ4n) is 2.38. The molecule has 0 aliphatic carbocycles. The molecule has 0 bridgehead atoms. The predicted molar refractivity (Wildman–Crippen MR) is 123 cm³/mol. The van der Waals surface area contributed by atoms with Gasteiger partial charge in [-0.15, -0.1) is 24.0 Å². The molecule has 0 spiro atoms. The molecule has 0 aliphatic heterocycles. The Morgan fingerprint density at radius 3 is 2.44 bits per heavy atom. The molecule has 0 radical (unpaired) electrons. The molecule has 0 aromatic heterocycles. The molecule has 0 amide bonds. The Labute approximate surface area is 181 Å². The van der Waals surface area contributed by atoms with Crippen molar-refractivity contribution in [2.24, 2.45) is 4.99 Å². The third kappa shape index (κ3) is 12.1. The van der Waals surface area contributed by atoms with Crippen molar-refractivity contribution in [2.75, 3.05) is 46.6 Å². The highest BCUT2D eigenvalue weighted by molar-refractivity contribution is 14.0. The molecule has 6 nitrogen and oxygen atoms in total. The molecular weight excluding hydrogens is 457 g/mol. The zero-order valence-electron chi connectivity index (χ0n) is 17.2. The number of rotatable bonds is 13. The molecular formula is C20H36IN3O3. The Kier molecular flexibility index (Phi) is 16.4. The summed E-state index contributed by atoms with van der Waals surface area (Å²) in [4.78, 5) is 4.27. The number of aliphatic imine (C=N–C) groups is 1. The Morgan fingerprint density at radius 1 is 1.00 bits per heavy atom. The fourth-order valence-corrected chi connectivity index (χ4v) is 2.38. The molecule has 1 rings (SSSR count). The molecule has 0 fully saturated rings. The minimum atomic E-state index is 0. The first-order chi connectivity index (χ1) is 12.7. The zero-order chi connectivity index (χ0) is 19.0. The fraction of sp³-hybridized carbons (Fsp3) is 0.650. The van der Waals surface area contributed by atoms with Crippen molar-refractivity contribution < 1.29 is 14.2 Å². The molecule has 1 aromatic carbocycles. The van der Waals surface area contributed by atoms with Crippen molar-refractivity contribution in [3.05, 3.63) is 29.3 Å². The minimum absolute atomic E-state index is 0. The maximum atomic E-state index is 5.88. The van der Waals surface area contributed by atoms with E-state index in [0.29, 0.717) is 26.4 Å². The standard InChI is InChI=1S/C20H35N3O3.HI/c1-5-24-12-8-7-11-22-20(21-4)23-16-18-10-9-17(3)15-19(18)26-14-13-25-6-2;/h9-10,15H,5-8,11-14,16H2,1-4H3,(H2,21,22,23);1H. The first-order valence-electron chi connectivity index (χ1n) is 9.53. The Balaban J connectivity index is 0.00000676. The minimum Gasteiger partial charge on any atom is -0.491 e. The summed E-state index contributed by atoms with van der Waals surface area (Å²) in [7, 11) is 1.78. The van der Waals surface area contributed by atoms with Crippen LogP contribution in [0.25, 0.3) is 0 Å². The lowest BCUT2D eigenvalue weighted by Gasteiger charge is -2.15. The lowest BCUT2D eigenvalue weighted by molar-refractivity contribution is 0.110. The van der Waals surface area contributed by atoms with Gasteiger partial charge in [-0.3, -0.25) is 4.99 Å². The highest BCUT2D eigenvalue weighted by Gasteiger charge is 2.06. The van der Waals surface area contributed by atoms with Crippen molar-refractivity contribution >= 4 is 29.9 Å². The topological polar surface area (TPSA) is 64.1 Å². The number of ether oxygens (including phenoxy) is 3. The number of benzene rings is 1. The summed E-state index contributed by atoms with van der Waals surface area (Å²) in [5.41, 5.74) is 2.28. The third-order valence-corrected chi connectivity index (χ3v) is 3.79. The smallest absolute Gasteiger partial charge is 0.191 e. The van der Waals surface area contributed by atoms with E-state index in [2.05, 4.69) is 40.7 Å². The summed E-state index contributed by atoms with van der Waals surface area (Å²) < 4.78 is 16.6. The van der Waals surface area contributed by atoms with Crippen molar-refractivity contribution in [3.8, 4) is 5.75 Å². The van der Waals surface area contributed by atoms with Gasteiger partial charge in [-0.2, -0.15) is 0 Å². The summed E-state index contributed by atoms with van der Waals surface area (Å²) in [6.07, 6.45) is 2.10. The van der Waals surface area contributed by atoms with Crippen LogP contribution in [0, 0.1) is 6.92 Å². The molecule has 156 valence electrons. The van der Waals surface area contributed by atoms with Crippen LogP contribution in [0.1, 0.15) is 37.8 Å². The first kappa shape index (κ1) is 25.9. The summed E-state index contributed by atoms with van der Waals surface area (Å²) >= 11 is 0. The van der Waals surface area contributed by atoms with E-state index in [1.54, 1.807) is 7.05 Å². The molecule has 7 heteroatoms. The number of hydrogen-bond acceptors (Lipinski definition) is 4. The van der Waals surface area contributed by atoms with Crippen LogP contribution < -0.4 is 15.4 Å². The van der Waals surface area contributed by atoms with Crippen LogP contribution in [0.4, 0.5) is 0 Å². The SMILES string of the molecule is CCOCCCCNC(=NC)NCc1ccc(C)cc1OCCOCC.I. The second kappa shape index (κ2) is 17.1. The average Bonchev–Trinajstić information content (AvgIpc) is 2.65. The Bertz CT molecular complexity index is 527. The number of halogens is 1. The van der Waals surface area contributed by atoms with E-state index < -0.39 is 0 Å². The number of nitrogens with zero attached hydrogens (tertiary/aromatic N) is 1. The molecule has 0 saturated carbocycles. The summed E-state index contributed by atoms with van der Waals surface area (Å²) in [6.45, 7) is 11.0. The normalized spacial score (nSPS) is 11.0. The van der Waals surface area contributed by atoms with Crippen LogP contribution in [0.5, 0.6) is 5.75 Å². The highest BCUT2D eigenvalue weighted by Crippen LogP contribution is 2.20. The van der Waals surface area contributed by atoms with Crippen LogP contribution >= 0.6 is 24.0 Å². The van der Waals surface area contributed by atoms with Crippen LogP contribution in [-0.2, 0) is 16.0 Å². The van der Waals surface area contributed by atoms with Crippen molar-refractivity contribution in [1.82, 2.24) is 10.6 Å². The van der Waals surface area contributed by atoms with E-state index in [0.717, 1.165) is 49.9 Å². The van der Waals surface area contributed by atoms with Gasteiger partial charge in [-0.1, -0.05) is 12.1 Å². The van der Waals surface area contributed by atoms with E-state index >= 15 is 0 Å². The van der Waals surface area contributed by atoms with E-state index in [1.807, 2.05) is 13.8 Å². The number of nitrogens with one attached hydrogen (secondary N) is 2. The predicted octanol–water partition coefficient (Wildman–Crippen LogP) is 3.51. The van der Waals surface area contributed by atoms with Crippen molar-refractivity contribution in [3.63, 3.8) is 0 Å². The molecule has 1 aromatic rings. The van der Waals surface area contributed by atoms with Gasteiger partial charge in [0.15, 0.2) is 5.96 Å². The van der Waals surface area contributed by atoms with Gasteiger partial charge in [0, 0.05) is 45.5 Å². The van der Waals surface area contributed by atoms with E-state index in [-0.39, 0.29) is 24.0 Å². The molecule has 0 unspecified atom stereocenters. The van der Waals surface area contributed by atoms with Gasteiger partial charge in [-0.25, -0.2) is 0 Å². The lowest BCUT2D eigenvalue weighted by atomic mass is 10.1. The summed E-state index contributed by atoms with van der Waals surface area (Å²) in [5, 5.41) is 6.68. The molecule has 0 saturated heterocycles. The van der Waals surface area contributed by atoms with Crippen LogP contribution in [-0.4, -0.2) is 52.6 Å². The van der Waals surface area contributed by atoms with Gasteiger partial charge in [0.05, 0.1) is 6.61 Å². The number of hydrogen-bond donors (Lipinski definition) is 2. The van der Waals surface area contributed by atoms with E-state index in [9.17, 15) is 0 Å². The maximum absolute atomic E-state index is 5.88. The highest BCUT2D eigenvalue weighted by atomic mass is 127. The first-order valence-corrected chi connectivity index (χ1v) is 9.53. The number of aryl methyl sites for hydroxylation is 1. The van der Waals surface area contributed by atoms with Crippen molar-refractivity contribution in [1.29, 1.82) is 0 Å². The second-order valence-electron chi connectivity index (χ2n) is 5.91. The third-order valence-electron chi connectivity index (χ3n) is 3.79. The number of guanidine groups is 1. The van der Waals surface area contributed by atoms with Gasteiger partial charge in [0.2, 0.25) is 0 Å². The molecule has 0 atom stereocenters. The van der Waals surface area contributed by atoms with Gasteiger partial charge >= 0.3 is 0 Å². The van der Waals surface area contributed by atoms with Crippen LogP contribution in [0.2, 0.25) is 0 Å². The zero-order valence-corrected chi connectivity index (χ0v) is 19.5. The van der Waals surface area contributed by atoms with Crippen LogP contribution in [0.15, 0.2) is 23.2 Å². The summed E-state index contributed by atoms with van der Waals surface area (Å²) in [5.74, 6) is 1.69. The van der Waals surface area contributed by atoms with E-state index in [1.165, 1.54) is 5.56 Å². The average molecular weight is 493 g/mol. The van der Waals surface area contributed by atoms with E-state index in [4.69, 9.17) is 14.2 Å². The van der Waals surface area contributed by atoms with Gasteiger partial charge < -0.3 is 24.8 Å². The van der Waals surface area contributed by atoms with Gasteiger partial charge in [-0.05, 0) is 45.2 Å².